The number of benzene rings is 4. The van der Waals surface area contributed by atoms with Crippen LogP contribution in [0, 0.1) is 6.92 Å². The summed E-state index contributed by atoms with van der Waals surface area (Å²) in [6.07, 6.45) is 0. The van der Waals surface area contributed by atoms with E-state index in [9.17, 15) is 8.42 Å². The lowest BCUT2D eigenvalue weighted by molar-refractivity contribution is 0.482. The highest BCUT2D eigenvalue weighted by Crippen LogP contribution is 2.38. The minimum absolute atomic E-state index is 0.138. The first-order chi connectivity index (χ1) is 14.5. The first-order valence-corrected chi connectivity index (χ1v) is 11.2. The molecule has 0 fully saturated rings. The summed E-state index contributed by atoms with van der Waals surface area (Å²) in [4.78, 5) is 0.138. The van der Waals surface area contributed by atoms with Gasteiger partial charge >= 0.3 is 10.1 Å². The summed E-state index contributed by atoms with van der Waals surface area (Å²) in [5.41, 5.74) is 3.91. The predicted molar refractivity (Wildman–Crippen MR) is 119 cm³/mol. The van der Waals surface area contributed by atoms with Crippen molar-refractivity contribution in [2.75, 3.05) is 0 Å². The topological polar surface area (TPSA) is 43.4 Å². The zero-order chi connectivity index (χ0) is 21.0. The van der Waals surface area contributed by atoms with Crippen molar-refractivity contribution < 1.29 is 12.6 Å². The first kappa shape index (κ1) is 19.9. The summed E-state index contributed by atoms with van der Waals surface area (Å²) in [6, 6.07) is 34.0. The highest BCUT2D eigenvalue weighted by atomic mass is 32.2. The van der Waals surface area contributed by atoms with Crippen LogP contribution >= 0.6 is 0 Å². The summed E-state index contributed by atoms with van der Waals surface area (Å²) in [5.74, 6) is 0.174. The van der Waals surface area contributed by atoms with Gasteiger partial charge in [-0.25, -0.2) is 0 Å². The molecule has 0 aromatic heterocycles. The molecule has 150 valence electrons. The summed E-state index contributed by atoms with van der Waals surface area (Å²) < 4.78 is 31.5. The molecule has 4 aromatic carbocycles. The summed E-state index contributed by atoms with van der Waals surface area (Å²) in [7, 11) is -3.95. The number of hydrogen-bond acceptors (Lipinski definition) is 3. The molecule has 0 N–H and O–H groups in total. The summed E-state index contributed by atoms with van der Waals surface area (Å²) in [6.45, 7) is 1.91. The second-order valence-corrected chi connectivity index (χ2v) is 8.69. The molecule has 4 heteroatoms. The van der Waals surface area contributed by atoms with E-state index in [1.54, 1.807) is 36.4 Å². The van der Waals surface area contributed by atoms with E-state index in [0.717, 1.165) is 22.3 Å². The van der Waals surface area contributed by atoms with Crippen molar-refractivity contribution in [2.45, 2.75) is 17.7 Å². The molecule has 0 aliphatic carbocycles. The Morgan fingerprint density at radius 3 is 1.70 bits per heavy atom. The van der Waals surface area contributed by atoms with Gasteiger partial charge in [-0.3, -0.25) is 0 Å². The molecule has 0 bridgehead atoms. The summed E-state index contributed by atoms with van der Waals surface area (Å²) >= 11 is 0. The van der Waals surface area contributed by atoms with E-state index in [0.29, 0.717) is 5.75 Å². The number of para-hydroxylation sites is 1. The quantitative estimate of drug-likeness (QED) is 0.290. The van der Waals surface area contributed by atoms with Crippen molar-refractivity contribution in [3.63, 3.8) is 0 Å². The Balaban J connectivity index is 1.80. The minimum atomic E-state index is -3.95. The molecule has 0 atom stereocenters. The normalized spacial score (nSPS) is 11.4. The highest BCUT2D eigenvalue weighted by Gasteiger charge is 2.24. The molecular formula is C26H22O3S. The third kappa shape index (κ3) is 4.29. The average Bonchev–Trinajstić information content (AvgIpc) is 2.77. The van der Waals surface area contributed by atoms with Gasteiger partial charge in [0.1, 0.15) is 10.6 Å². The van der Waals surface area contributed by atoms with Crippen LogP contribution in [0.2, 0.25) is 0 Å². The molecular weight excluding hydrogens is 392 g/mol. The van der Waals surface area contributed by atoms with Crippen LogP contribution in [-0.4, -0.2) is 8.42 Å². The Labute approximate surface area is 177 Å². The van der Waals surface area contributed by atoms with Crippen molar-refractivity contribution in [3.05, 3.63) is 131 Å². The molecule has 0 aliphatic rings. The second kappa shape index (κ2) is 8.56. The van der Waals surface area contributed by atoms with Gasteiger partial charge in [-0.05, 0) is 36.2 Å². The standard InChI is InChI=1S/C26H22O3S/c1-20-16-18-23(19-17-20)30(27,28)29-25-15-9-8-14-24(25)26(21-10-4-2-5-11-21)22-12-6-3-7-13-22/h2-19,26H,1H3. The highest BCUT2D eigenvalue weighted by molar-refractivity contribution is 7.87. The maximum Gasteiger partial charge on any atom is 0.339 e. The Morgan fingerprint density at radius 2 is 1.13 bits per heavy atom. The van der Waals surface area contributed by atoms with Gasteiger partial charge in [-0.1, -0.05) is 96.6 Å². The number of rotatable bonds is 6. The van der Waals surface area contributed by atoms with Gasteiger partial charge in [-0.2, -0.15) is 8.42 Å². The lowest BCUT2D eigenvalue weighted by atomic mass is 9.85. The molecule has 3 nitrogen and oxygen atoms in total. The Kier molecular flexibility index (Phi) is 5.68. The van der Waals surface area contributed by atoms with Gasteiger partial charge in [0, 0.05) is 11.5 Å². The fraction of sp³-hybridized carbons (Fsp3) is 0.0769. The molecule has 0 saturated heterocycles. The van der Waals surface area contributed by atoms with Crippen LogP contribution < -0.4 is 4.18 Å². The second-order valence-electron chi connectivity index (χ2n) is 7.14. The molecule has 4 rings (SSSR count). The van der Waals surface area contributed by atoms with Gasteiger partial charge in [0.15, 0.2) is 0 Å². The van der Waals surface area contributed by atoms with Gasteiger partial charge in [0.2, 0.25) is 0 Å². The van der Waals surface area contributed by atoms with Gasteiger partial charge in [0.25, 0.3) is 0 Å². The largest absolute Gasteiger partial charge is 0.379 e. The SMILES string of the molecule is Cc1ccc(S(=O)(=O)Oc2ccccc2C(c2ccccc2)c2ccccc2)cc1. The monoisotopic (exact) mass is 414 g/mol. The zero-order valence-corrected chi connectivity index (χ0v) is 17.4. The van der Waals surface area contributed by atoms with Crippen molar-refractivity contribution in [3.8, 4) is 5.75 Å². The minimum Gasteiger partial charge on any atom is -0.379 e. The first-order valence-electron chi connectivity index (χ1n) is 9.74. The van der Waals surface area contributed by atoms with Gasteiger partial charge in [0.05, 0.1) is 0 Å². The van der Waals surface area contributed by atoms with E-state index in [-0.39, 0.29) is 10.8 Å². The molecule has 0 aliphatic heterocycles. The van der Waals surface area contributed by atoms with E-state index >= 15 is 0 Å². The maximum absolute atomic E-state index is 12.9. The van der Waals surface area contributed by atoms with Crippen LogP contribution in [0.3, 0.4) is 0 Å². The Hall–Kier alpha value is -3.37. The van der Waals surface area contributed by atoms with Crippen LogP contribution in [0.25, 0.3) is 0 Å². The average molecular weight is 415 g/mol. The number of aryl methyl sites for hydroxylation is 1. The van der Waals surface area contributed by atoms with E-state index < -0.39 is 10.1 Å². The van der Waals surface area contributed by atoms with E-state index in [2.05, 4.69) is 0 Å². The maximum atomic E-state index is 12.9. The van der Waals surface area contributed by atoms with Gasteiger partial charge < -0.3 is 4.18 Å². The molecule has 30 heavy (non-hydrogen) atoms. The van der Waals surface area contributed by atoms with E-state index in [1.165, 1.54) is 0 Å². The van der Waals surface area contributed by atoms with E-state index in [1.807, 2.05) is 79.7 Å². The molecule has 0 saturated carbocycles. The fourth-order valence-electron chi connectivity index (χ4n) is 3.51. The lowest BCUT2D eigenvalue weighted by Crippen LogP contribution is -2.13. The van der Waals surface area contributed by atoms with Crippen LogP contribution in [0.5, 0.6) is 5.75 Å². The van der Waals surface area contributed by atoms with E-state index in [4.69, 9.17) is 4.18 Å². The van der Waals surface area contributed by atoms with Crippen LogP contribution in [0.1, 0.15) is 28.2 Å². The van der Waals surface area contributed by atoms with Crippen molar-refractivity contribution in [1.82, 2.24) is 0 Å². The molecule has 0 amide bonds. The fourth-order valence-corrected chi connectivity index (χ4v) is 4.46. The Bertz CT molecular complexity index is 1180. The molecule has 0 unspecified atom stereocenters. The van der Waals surface area contributed by atoms with Crippen molar-refractivity contribution in [2.24, 2.45) is 0 Å². The van der Waals surface area contributed by atoms with Gasteiger partial charge in [-0.15, -0.1) is 0 Å². The van der Waals surface area contributed by atoms with Crippen molar-refractivity contribution in [1.29, 1.82) is 0 Å². The molecule has 4 aromatic rings. The lowest BCUT2D eigenvalue weighted by Gasteiger charge is -2.21. The van der Waals surface area contributed by atoms with Crippen molar-refractivity contribution >= 4 is 10.1 Å². The third-order valence-electron chi connectivity index (χ3n) is 5.00. The zero-order valence-electron chi connectivity index (χ0n) is 16.6. The van der Waals surface area contributed by atoms with Crippen LogP contribution in [0.4, 0.5) is 0 Å². The number of hydrogen-bond donors (Lipinski definition) is 0. The molecule has 0 radical (unpaired) electrons. The molecule has 0 heterocycles. The van der Waals surface area contributed by atoms with Crippen LogP contribution in [-0.2, 0) is 10.1 Å². The summed E-state index contributed by atoms with van der Waals surface area (Å²) in [5, 5.41) is 0. The Morgan fingerprint density at radius 1 is 0.633 bits per heavy atom. The van der Waals surface area contributed by atoms with Crippen LogP contribution in [0.15, 0.2) is 114 Å². The predicted octanol–water partition coefficient (Wildman–Crippen LogP) is 5.94. The molecule has 0 spiro atoms. The third-order valence-corrected chi connectivity index (χ3v) is 6.25. The smallest absolute Gasteiger partial charge is 0.339 e.